The van der Waals surface area contributed by atoms with Crippen LogP contribution in [0.15, 0.2) is 6.20 Å². The topological polar surface area (TPSA) is 70.1 Å². The minimum atomic E-state index is -0.552. The zero-order valence-corrected chi connectivity index (χ0v) is 12.5. The Balaban J connectivity index is 2.55. The predicted octanol–water partition coefficient (Wildman–Crippen LogP) is 2.98. The first kappa shape index (κ1) is 16.1. The number of ether oxygens (including phenoxy) is 1. The average Bonchev–Trinajstić information content (AvgIpc) is 2.68. The Morgan fingerprint density at radius 1 is 1.45 bits per heavy atom. The number of unbranched alkanes of at least 4 members (excludes halogenated alkanes) is 3. The van der Waals surface area contributed by atoms with E-state index in [0.29, 0.717) is 0 Å². The van der Waals surface area contributed by atoms with Crippen molar-refractivity contribution in [1.29, 1.82) is 0 Å². The summed E-state index contributed by atoms with van der Waals surface area (Å²) in [6.45, 7) is 5.43. The van der Waals surface area contributed by atoms with E-state index < -0.39 is 11.7 Å². The van der Waals surface area contributed by atoms with Gasteiger partial charge in [0.25, 0.3) is 0 Å². The highest BCUT2D eigenvalue weighted by atomic mass is 16.6. The van der Waals surface area contributed by atoms with Gasteiger partial charge in [0.1, 0.15) is 5.60 Å². The van der Waals surface area contributed by atoms with Crippen molar-refractivity contribution in [3.05, 3.63) is 11.9 Å². The number of aryl methyl sites for hydroxylation is 1. The van der Waals surface area contributed by atoms with E-state index in [1.165, 1.54) is 4.57 Å². The molecular weight excluding hydrogens is 254 g/mol. The largest absolute Gasteiger partial charge is 0.443 e. The molecule has 0 bridgehead atoms. The summed E-state index contributed by atoms with van der Waals surface area (Å²) in [5, 5.41) is 0. The quantitative estimate of drug-likeness (QED) is 0.663. The minimum Gasteiger partial charge on any atom is -0.443 e. The smallest absolute Gasteiger partial charge is 0.421 e. The number of hydrogen-bond donors (Lipinski definition) is 1. The van der Waals surface area contributed by atoms with Crippen molar-refractivity contribution in [3.8, 4) is 12.3 Å². The van der Waals surface area contributed by atoms with Crippen molar-refractivity contribution >= 4 is 12.0 Å². The lowest BCUT2D eigenvalue weighted by Gasteiger charge is -2.19. The standard InChI is InChI=1S/C15H23N3O2/c1-5-6-7-8-9-10-12-11-18(13(16)17-12)14(19)20-15(2,3)4/h1,11H,6-10H2,2-4H3,(H2,16,17). The van der Waals surface area contributed by atoms with Gasteiger partial charge in [-0.05, 0) is 40.0 Å². The third-order valence-corrected chi connectivity index (χ3v) is 2.63. The van der Waals surface area contributed by atoms with E-state index in [9.17, 15) is 4.79 Å². The van der Waals surface area contributed by atoms with Crippen LogP contribution in [-0.4, -0.2) is 21.2 Å². The monoisotopic (exact) mass is 277 g/mol. The summed E-state index contributed by atoms with van der Waals surface area (Å²) in [6, 6.07) is 0. The number of aromatic nitrogens is 2. The number of carbonyl (C=O) groups is 1. The minimum absolute atomic E-state index is 0.165. The second-order valence-electron chi connectivity index (χ2n) is 5.71. The van der Waals surface area contributed by atoms with Crippen molar-refractivity contribution < 1.29 is 9.53 Å². The maximum absolute atomic E-state index is 11.9. The summed E-state index contributed by atoms with van der Waals surface area (Å²) >= 11 is 0. The summed E-state index contributed by atoms with van der Waals surface area (Å²) in [6.07, 6.45) is 11.0. The highest BCUT2D eigenvalue weighted by Gasteiger charge is 2.20. The van der Waals surface area contributed by atoms with Crippen molar-refractivity contribution in [2.75, 3.05) is 5.73 Å². The molecule has 0 aromatic carbocycles. The number of nitrogen functional groups attached to an aromatic ring is 1. The maximum atomic E-state index is 11.9. The molecule has 0 fully saturated rings. The van der Waals surface area contributed by atoms with Crippen LogP contribution in [0.25, 0.3) is 0 Å². The van der Waals surface area contributed by atoms with Gasteiger partial charge in [0.2, 0.25) is 5.95 Å². The lowest BCUT2D eigenvalue weighted by molar-refractivity contribution is 0.0540. The number of nitrogens with zero attached hydrogens (tertiary/aromatic N) is 2. The van der Waals surface area contributed by atoms with Gasteiger partial charge < -0.3 is 10.5 Å². The second kappa shape index (κ2) is 6.99. The summed E-state index contributed by atoms with van der Waals surface area (Å²) in [4.78, 5) is 16.1. The highest BCUT2D eigenvalue weighted by molar-refractivity contribution is 5.74. The molecule has 0 aliphatic heterocycles. The number of carbonyl (C=O) groups excluding carboxylic acids is 1. The van der Waals surface area contributed by atoms with Crippen molar-refractivity contribution in [1.82, 2.24) is 9.55 Å². The Bertz CT molecular complexity index is 492. The van der Waals surface area contributed by atoms with Gasteiger partial charge in [0.15, 0.2) is 0 Å². The number of imidazole rings is 1. The maximum Gasteiger partial charge on any atom is 0.421 e. The predicted molar refractivity (Wildman–Crippen MR) is 79.3 cm³/mol. The molecule has 0 unspecified atom stereocenters. The Morgan fingerprint density at radius 3 is 2.75 bits per heavy atom. The van der Waals surface area contributed by atoms with Crippen LogP contribution in [0, 0.1) is 12.3 Å². The molecule has 0 saturated heterocycles. The molecule has 1 heterocycles. The van der Waals surface area contributed by atoms with Gasteiger partial charge in [0, 0.05) is 12.6 Å². The number of rotatable bonds is 5. The molecule has 1 rings (SSSR count). The zero-order valence-electron chi connectivity index (χ0n) is 12.5. The molecule has 0 atom stereocenters. The lowest BCUT2D eigenvalue weighted by atomic mass is 10.1. The second-order valence-corrected chi connectivity index (χ2v) is 5.71. The third-order valence-electron chi connectivity index (χ3n) is 2.63. The lowest BCUT2D eigenvalue weighted by Crippen LogP contribution is -2.27. The molecular formula is C15H23N3O2. The Morgan fingerprint density at radius 2 is 2.15 bits per heavy atom. The first-order valence-electron chi connectivity index (χ1n) is 6.84. The molecule has 0 aliphatic rings. The zero-order chi connectivity index (χ0) is 15.2. The van der Waals surface area contributed by atoms with Gasteiger partial charge in [-0.1, -0.05) is 6.42 Å². The van der Waals surface area contributed by atoms with Crippen LogP contribution in [0.1, 0.15) is 52.1 Å². The van der Waals surface area contributed by atoms with Gasteiger partial charge in [-0.2, -0.15) is 0 Å². The fraction of sp³-hybridized carbons (Fsp3) is 0.600. The van der Waals surface area contributed by atoms with Gasteiger partial charge in [0.05, 0.1) is 5.69 Å². The molecule has 5 heteroatoms. The number of nitrogens with two attached hydrogens (primary N) is 1. The first-order valence-corrected chi connectivity index (χ1v) is 6.84. The summed E-state index contributed by atoms with van der Waals surface area (Å²) in [5.74, 6) is 2.78. The number of hydrogen-bond acceptors (Lipinski definition) is 4. The molecule has 0 aliphatic carbocycles. The summed E-state index contributed by atoms with van der Waals surface area (Å²) in [7, 11) is 0. The molecule has 0 spiro atoms. The van der Waals surface area contributed by atoms with E-state index in [2.05, 4.69) is 10.9 Å². The Labute approximate surface area is 120 Å². The van der Waals surface area contributed by atoms with E-state index >= 15 is 0 Å². The van der Waals surface area contributed by atoms with E-state index in [1.807, 2.05) is 20.8 Å². The third kappa shape index (κ3) is 5.35. The Kier molecular flexibility index (Phi) is 5.63. The van der Waals surface area contributed by atoms with Crippen LogP contribution in [0.5, 0.6) is 0 Å². The first-order chi connectivity index (χ1) is 9.33. The van der Waals surface area contributed by atoms with Crippen LogP contribution >= 0.6 is 0 Å². The van der Waals surface area contributed by atoms with Gasteiger partial charge >= 0.3 is 6.09 Å². The fourth-order valence-electron chi connectivity index (χ4n) is 1.73. The molecule has 5 nitrogen and oxygen atoms in total. The SMILES string of the molecule is C#CCCCCCc1cn(C(=O)OC(C)(C)C)c(N)n1. The Hall–Kier alpha value is -1.96. The molecule has 20 heavy (non-hydrogen) atoms. The van der Waals surface area contributed by atoms with E-state index in [4.69, 9.17) is 16.9 Å². The van der Waals surface area contributed by atoms with Crippen LogP contribution in [0.4, 0.5) is 10.7 Å². The highest BCUT2D eigenvalue weighted by Crippen LogP contribution is 2.14. The normalized spacial score (nSPS) is 11.1. The number of terminal acetylenes is 1. The number of anilines is 1. The van der Waals surface area contributed by atoms with Gasteiger partial charge in [-0.3, -0.25) is 0 Å². The van der Waals surface area contributed by atoms with E-state index in [1.54, 1.807) is 6.20 Å². The summed E-state index contributed by atoms with van der Waals surface area (Å²) in [5.41, 5.74) is 5.99. The van der Waals surface area contributed by atoms with Crippen LogP contribution < -0.4 is 5.73 Å². The van der Waals surface area contributed by atoms with E-state index in [-0.39, 0.29) is 5.95 Å². The summed E-state index contributed by atoms with van der Waals surface area (Å²) < 4.78 is 6.51. The average molecular weight is 277 g/mol. The molecule has 1 aromatic heterocycles. The van der Waals surface area contributed by atoms with Crippen molar-refractivity contribution in [3.63, 3.8) is 0 Å². The van der Waals surface area contributed by atoms with E-state index in [0.717, 1.165) is 37.8 Å². The van der Waals surface area contributed by atoms with Crippen molar-refractivity contribution in [2.45, 2.75) is 58.5 Å². The van der Waals surface area contributed by atoms with Crippen LogP contribution in [-0.2, 0) is 11.2 Å². The van der Waals surface area contributed by atoms with Gasteiger partial charge in [-0.25, -0.2) is 14.3 Å². The molecule has 0 amide bonds. The molecule has 0 saturated carbocycles. The van der Waals surface area contributed by atoms with Gasteiger partial charge in [-0.15, -0.1) is 12.3 Å². The molecule has 110 valence electrons. The molecule has 0 radical (unpaired) electrons. The van der Waals surface area contributed by atoms with Crippen molar-refractivity contribution in [2.24, 2.45) is 0 Å². The van der Waals surface area contributed by atoms with Crippen LogP contribution in [0.3, 0.4) is 0 Å². The fourth-order valence-corrected chi connectivity index (χ4v) is 1.73. The molecule has 1 aromatic rings. The molecule has 2 N–H and O–H groups in total. The van der Waals surface area contributed by atoms with Crippen LogP contribution in [0.2, 0.25) is 0 Å².